The van der Waals surface area contributed by atoms with Crippen molar-refractivity contribution in [2.45, 2.75) is 6.92 Å². The van der Waals surface area contributed by atoms with E-state index in [2.05, 4.69) is 10.3 Å². The van der Waals surface area contributed by atoms with Crippen molar-refractivity contribution in [3.8, 4) is 0 Å². The Labute approximate surface area is 137 Å². The van der Waals surface area contributed by atoms with Gasteiger partial charge in [0, 0.05) is 13.5 Å². The number of aliphatic hydroxyl groups excluding tert-OH is 1. The van der Waals surface area contributed by atoms with Gasteiger partial charge >= 0.3 is 5.97 Å². The van der Waals surface area contributed by atoms with E-state index in [1.807, 2.05) is 0 Å². The van der Waals surface area contributed by atoms with Crippen LogP contribution in [0.3, 0.4) is 0 Å². The molecule has 1 aromatic heterocycles. The van der Waals surface area contributed by atoms with Crippen LogP contribution in [0, 0.1) is 6.92 Å². The van der Waals surface area contributed by atoms with E-state index in [9.17, 15) is 9.59 Å². The van der Waals surface area contributed by atoms with Crippen LogP contribution >= 0.6 is 0 Å². The Hall–Kier alpha value is -2.87. The lowest BCUT2D eigenvalue weighted by molar-refractivity contribution is -0.136. The SMILES string of the molecule is COC(=O)C1=C(Nc2cccc3oc(C)nc23)C(=O)N(CCO)C1. The van der Waals surface area contributed by atoms with Crippen LogP contribution in [-0.4, -0.2) is 53.7 Å². The van der Waals surface area contributed by atoms with Crippen molar-refractivity contribution < 1.29 is 23.8 Å². The van der Waals surface area contributed by atoms with Gasteiger partial charge in [0.25, 0.3) is 5.91 Å². The number of benzene rings is 1. The fraction of sp³-hybridized carbons (Fsp3) is 0.312. The number of ether oxygens (including phenoxy) is 1. The standard InChI is InChI=1S/C16H17N3O5/c1-9-17-14-11(4-3-5-12(14)24-9)18-13-10(16(22)23-2)8-19(6-7-20)15(13)21/h3-5,18,20H,6-8H2,1-2H3. The van der Waals surface area contributed by atoms with Gasteiger partial charge in [0.2, 0.25) is 0 Å². The van der Waals surface area contributed by atoms with Crippen molar-refractivity contribution >= 4 is 28.7 Å². The van der Waals surface area contributed by atoms with Gasteiger partial charge in [0.05, 0.1) is 31.5 Å². The Morgan fingerprint density at radius 1 is 1.50 bits per heavy atom. The van der Waals surface area contributed by atoms with Crippen molar-refractivity contribution in [3.63, 3.8) is 0 Å². The highest BCUT2D eigenvalue weighted by atomic mass is 16.5. The molecule has 2 aromatic rings. The van der Waals surface area contributed by atoms with E-state index < -0.39 is 5.97 Å². The molecule has 0 spiro atoms. The highest BCUT2D eigenvalue weighted by Crippen LogP contribution is 2.28. The Bertz CT molecular complexity index is 839. The normalized spacial score (nSPS) is 14.6. The number of nitrogens with one attached hydrogen (secondary N) is 1. The maximum Gasteiger partial charge on any atom is 0.337 e. The van der Waals surface area contributed by atoms with Crippen LogP contribution in [0.5, 0.6) is 0 Å². The molecule has 1 aliphatic heterocycles. The maximum atomic E-state index is 12.5. The number of carbonyl (C=O) groups excluding carboxylic acids is 2. The quantitative estimate of drug-likeness (QED) is 0.781. The van der Waals surface area contributed by atoms with Crippen molar-refractivity contribution in [2.75, 3.05) is 32.1 Å². The number of carbonyl (C=O) groups is 2. The lowest BCUT2D eigenvalue weighted by Crippen LogP contribution is -2.31. The molecule has 126 valence electrons. The zero-order valence-corrected chi connectivity index (χ0v) is 13.3. The summed E-state index contributed by atoms with van der Waals surface area (Å²) in [6.07, 6.45) is 0. The first-order valence-electron chi connectivity index (χ1n) is 7.40. The molecule has 1 aromatic carbocycles. The minimum Gasteiger partial charge on any atom is -0.466 e. The number of esters is 1. The molecule has 1 amide bonds. The molecule has 0 radical (unpaired) electrons. The molecule has 8 nitrogen and oxygen atoms in total. The van der Waals surface area contributed by atoms with Gasteiger partial charge in [-0.2, -0.15) is 0 Å². The Morgan fingerprint density at radius 3 is 3.00 bits per heavy atom. The first-order chi connectivity index (χ1) is 11.5. The highest BCUT2D eigenvalue weighted by molar-refractivity contribution is 6.09. The predicted molar refractivity (Wildman–Crippen MR) is 85.1 cm³/mol. The molecular weight excluding hydrogens is 314 g/mol. The topological polar surface area (TPSA) is 105 Å². The Morgan fingerprint density at radius 2 is 2.29 bits per heavy atom. The molecule has 0 saturated heterocycles. The number of aromatic nitrogens is 1. The lowest BCUT2D eigenvalue weighted by Gasteiger charge is -2.15. The molecular formula is C16H17N3O5. The largest absolute Gasteiger partial charge is 0.466 e. The molecule has 0 bridgehead atoms. The van der Waals surface area contributed by atoms with Crippen molar-refractivity contribution in [2.24, 2.45) is 0 Å². The van der Waals surface area contributed by atoms with E-state index in [0.717, 1.165) is 0 Å². The second-order valence-electron chi connectivity index (χ2n) is 5.31. The molecule has 0 aliphatic carbocycles. The summed E-state index contributed by atoms with van der Waals surface area (Å²) < 4.78 is 10.2. The summed E-state index contributed by atoms with van der Waals surface area (Å²) in [5.74, 6) is -0.461. The number of amides is 1. The van der Waals surface area contributed by atoms with Gasteiger partial charge in [-0.1, -0.05) is 6.07 Å². The summed E-state index contributed by atoms with van der Waals surface area (Å²) in [4.78, 5) is 30.2. The summed E-state index contributed by atoms with van der Waals surface area (Å²) in [6.45, 7) is 1.76. The number of aryl methyl sites for hydroxylation is 1. The first kappa shape index (κ1) is 16.0. The van der Waals surface area contributed by atoms with Gasteiger partial charge in [-0.3, -0.25) is 4.79 Å². The van der Waals surface area contributed by atoms with Crippen LogP contribution in [0.25, 0.3) is 11.1 Å². The number of methoxy groups -OCH3 is 1. The van der Waals surface area contributed by atoms with Gasteiger partial charge in [0.15, 0.2) is 11.5 Å². The number of para-hydroxylation sites is 1. The van der Waals surface area contributed by atoms with E-state index in [0.29, 0.717) is 22.7 Å². The smallest absolute Gasteiger partial charge is 0.337 e. The zero-order valence-electron chi connectivity index (χ0n) is 13.3. The van der Waals surface area contributed by atoms with E-state index in [1.165, 1.54) is 12.0 Å². The third kappa shape index (κ3) is 2.71. The Balaban J connectivity index is 2.00. The molecule has 0 atom stereocenters. The number of aliphatic hydroxyl groups is 1. The van der Waals surface area contributed by atoms with E-state index in [4.69, 9.17) is 14.3 Å². The fourth-order valence-electron chi connectivity index (χ4n) is 2.64. The van der Waals surface area contributed by atoms with Crippen molar-refractivity contribution in [1.82, 2.24) is 9.88 Å². The van der Waals surface area contributed by atoms with Crippen LogP contribution < -0.4 is 5.32 Å². The number of nitrogens with zero attached hydrogens (tertiary/aromatic N) is 2. The number of anilines is 1. The summed E-state index contributed by atoms with van der Waals surface area (Å²) in [5.41, 5.74) is 2.05. The minimum absolute atomic E-state index is 0.0855. The maximum absolute atomic E-state index is 12.5. The Kier molecular flexibility index (Phi) is 4.22. The van der Waals surface area contributed by atoms with Crippen LogP contribution in [0.1, 0.15) is 5.89 Å². The van der Waals surface area contributed by atoms with Crippen LogP contribution in [0.15, 0.2) is 33.9 Å². The minimum atomic E-state index is -0.588. The summed E-state index contributed by atoms with van der Waals surface area (Å²) in [7, 11) is 1.26. The average Bonchev–Trinajstić information content (AvgIpc) is 3.09. The number of hydrogen-bond donors (Lipinski definition) is 2. The molecule has 3 rings (SSSR count). The summed E-state index contributed by atoms with van der Waals surface area (Å²) in [6, 6.07) is 5.28. The van der Waals surface area contributed by atoms with Crippen LogP contribution in [0.2, 0.25) is 0 Å². The summed E-state index contributed by atoms with van der Waals surface area (Å²) >= 11 is 0. The predicted octanol–water partition coefficient (Wildman–Crippen LogP) is 0.810. The second-order valence-corrected chi connectivity index (χ2v) is 5.31. The van der Waals surface area contributed by atoms with Gasteiger partial charge in [-0.05, 0) is 12.1 Å². The monoisotopic (exact) mass is 331 g/mol. The molecule has 0 unspecified atom stereocenters. The number of oxazole rings is 1. The lowest BCUT2D eigenvalue weighted by atomic mass is 10.2. The van der Waals surface area contributed by atoms with Crippen LogP contribution in [0.4, 0.5) is 5.69 Å². The summed E-state index contributed by atoms with van der Waals surface area (Å²) in [5, 5.41) is 12.1. The second kappa shape index (κ2) is 6.32. The molecule has 1 aliphatic rings. The zero-order chi connectivity index (χ0) is 17.3. The third-order valence-electron chi connectivity index (χ3n) is 3.74. The number of rotatable bonds is 5. The molecule has 2 heterocycles. The van der Waals surface area contributed by atoms with Crippen molar-refractivity contribution in [3.05, 3.63) is 35.4 Å². The molecule has 0 saturated carbocycles. The highest BCUT2D eigenvalue weighted by Gasteiger charge is 2.34. The van der Waals surface area contributed by atoms with Crippen LogP contribution in [-0.2, 0) is 14.3 Å². The molecule has 24 heavy (non-hydrogen) atoms. The molecule has 0 fully saturated rings. The van der Waals surface area contributed by atoms with Gasteiger partial charge < -0.3 is 24.5 Å². The van der Waals surface area contributed by atoms with Gasteiger partial charge in [-0.15, -0.1) is 0 Å². The number of fused-ring (bicyclic) bond motifs is 1. The van der Waals surface area contributed by atoms with Gasteiger partial charge in [0.1, 0.15) is 11.2 Å². The average molecular weight is 331 g/mol. The number of hydrogen-bond acceptors (Lipinski definition) is 7. The van der Waals surface area contributed by atoms with E-state index in [1.54, 1.807) is 25.1 Å². The number of β-amino-alcohol motifs (C(OH)–C–C–N with tert-alkyl or cyclic N) is 1. The molecule has 2 N–H and O–H groups in total. The fourth-order valence-corrected chi connectivity index (χ4v) is 2.64. The van der Waals surface area contributed by atoms with Crippen molar-refractivity contribution in [1.29, 1.82) is 0 Å². The third-order valence-corrected chi connectivity index (χ3v) is 3.74. The van der Waals surface area contributed by atoms with Gasteiger partial charge in [-0.25, -0.2) is 9.78 Å². The van der Waals surface area contributed by atoms with E-state index in [-0.39, 0.29) is 36.9 Å². The van der Waals surface area contributed by atoms with E-state index >= 15 is 0 Å². The molecule has 8 heteroatoms. The first-order valence-corrected chi connectivity index (χ1v) is 7.40.